The van der Waals surface area contributed by atoms with Crippen LogP contribution in [0.25, 0.3) is 0 Å². The molecule has 54 valence electrons. The number of hydrogen-bond donors (Lipinski definition) is 0. The van der Waals surface area contributed by atoms with Gasteiger partial charge in [-0.3, -0.25) is 0 Å². The molecule has 0 aromatic carbocycles. The first-order valence-corrected chi connectivity index (χ1v) is 4.23. The van der Waals surface area contributed by atoms with Crippen LogP contribution >= 0.6 is 0 Å². The van der Waals surface area contributed by atoms with Crippen molar-refractivity contribution in [3.8, 4) is 0 Å². The minimum atomic E-state index is 1.03. The number of fused-ring (bicyclic) bond motifs is 2. The maximum atomic E-state index is 2.30. The Balaban J connectivity index is 2.22. The summed E-state index contributed by atoms with van der Waals surface area (Å²) in [6.45, 7) is 2.11. The number of hydrogen-bond acceptors (Lipinski definition) is 0. The fourth-order valence-corrected chi connectivity index (χ4v) is 2.24. The molecule has 0 N–H and O–H groups in total. The highest BCUT2D eigenvalue weighted by Gasteiger charge is 2.28. The molecule has 1 atom stereocenters. The standard InChI is InChI=1S/C10H14/c1-2-3-9-6-8-4-5-10(9)7-8/h2-3,8H,4-7H2,1H3/b3-2-/t8-/m1/s1. The molecule has 0 nitrogen and oxygen atoms in total. The molecule has 2 rings (SSSR count). The van der Waals surface area contributed by atoms with Crippen LogP contribution in [0, 0.1) is 5.92 Å². The highest BCUT2D eigenvalue weighted by molar-refractivity contribution is 5.33. The fourth-order valence-electron chi connectivity index (χ4n) is 2.24. The van der Waals surface area contributed by atoms with Crippen LogP contribution < -0.4 is 0 Å². The third-order valence-corrected chi connectivity index (χ3v) is 2.72. The van der Waals surface area contributed by atoms with Gasteiger partial charge in [0, 0.05) is 0 Å². The van der Waals surface area contributed by atoms with Gasteiger partial charge in [0.25, 0.3) is 0 Å². The molecular formula is C10H14. The zero-order chi connectivity index (χ0) is 6.97. The topological polar surface area (TPSA) is 0 Å². The summed E-state index contributed by atoms with van der Waals surface area (Å²) >= 11 is 0. The summed E-state index contributed by atoms with van der Waals surface area (Å²) in [5.74, 6) is 1.03. The molecule has 0 unspecified atom stereocenters. The van der Waals surface area contributed by atoms with Gasteiger partial charge in [-0.2, -0.15) is 0 Å². The van der Waals surface area contributed by atoms with Crippen LogP contribution in [-0.2, 0) is 0 Å². The minimum Gasteiger partial charge on any atom is -0.0874 e. The molecule has 2 bridgehead atoms. The van der Waals surface area contributed by atoms with E-state index in [9.17, 15) is 0 Å². The van der Waals surface area contributed by atoms with Crippen LogP contribution in [0.3, 0.4) is 0 Å². The Bertz CT molecular complexity index is 196. The predicted octanol–water partition coefficient (Wildman–Crippen LogP) is 3.06. The molecule has 0 heterocycles. The van der Waals surface area contributed by atoms with Gasteiger partial charge < -0.3 is 0 Å². The van der Waals surface area contributed by atoms with Gasteiger partial charge in [0.05, 0.1) is 0 Å². The maximum Gasteiger partial charge on any atom is -0.0248 e. The molecule has 0 heteroatoms. The summed E-state index contributed by atoms with van der Waals surface area (Å²) in [7, 11) is 0. The molecule has 0 aliphatic heterocycles. The van der Waals surface area contributed by atoms with Gasteiger partial charge in [-0.05, 0) is 44.1 Å². The molecule has 0 aromatic rings. The Morgan fingerprint density at radius 1 is 1.40 bits per heavy atom. The first kappa shape index (κ1) is 6.21. The summed E-state index contributed by atoms with van der Waals surface area (Å²) in [5, 5.41) is 0. The molecule has 0 aromatic heterocycles. The Morgan fingerprint density at radius 2 is 2.30 bits per heavy atom. The Kier molecular flexibility index (Phi) is 1.40. The lowest BCUT2D eigenvalue weighted by atomic mass is 9.99. The third-order valence-electron chi connectivity index (χ3n) is 2.72. The van der Waals surface area contributed by atoms with Crippen molar-refractivity contribution in [2.45, 2.75) is 32.6 Å². The van der Waals surface area contributed by atoms with E-state index >= 15 is 0 Å². The van der Waals surface area contributed by atoms with Crippen LogP contribution in [0.5, 0.6) is 0 Å². The number of allylic oxidation sites excluding steroid dienone is 4. The lowest BCUT2D eigenvalue weighted by molar-refractivity contribution is 0.567. The van der Waals surface area contributed by atoms with E-state index in [2.05, 4.69) is 19.1 Å². The van der Waals surface area contributed by atoms with Crippen molar-refractivity contribution in [2.75, 3.05) is 0 Å². The molecule has 0 spiro atoms. The van der Waals surface area contributed by atoms with Crippen molar-refractivity contribution < 1.29 is 0 Å². The second-order valence-corrected chi connectivity index (χ2v) is 3.44. The van der Waals surface area contributed by atoms with E-state index in [4.69, 9.17) is 0 Å². The predicted molar refractivity (Wildman–Crippen MR) is 43.8 cm³/mol. The average molecular weight is 134 g/mol. The van der Waals surface area contributed by atoms with Gasteiger partial charge in [0.1, 0.15) is 0 Å². The highest BCUT2D eigenvalue weighted by Crippen LogP contribution is 2.44. The van der Waals surface area contributed by atoms with E-state index in [1.54, 1.807) is 11.1 Å². The fraction of sp³-hybridized carbons (Fsp3) is 0.600. The Labute approximate surface area is 62.6 Å². The van der Waals surface area contributed by atoms with Gasteiger partial charge >= 0.3 is 0 Å². The van der Waals surface area contributed by atoms with Crippen LogP contribution in [0.15, 0.2) is 23.3 Å². The van der Waals surface area contributed by atoms with Gasteiger partial charge in [-0.1, -0.05) is 17.7 Å². The molecule has 10 heavy (non-hydrogen) atoms. The molecule has 0 amide bonds. The first-order chi connectivity index (χ1) is 4.90. The summed E-state index contributed by atoms with van der Waals surface area (Å²) < 4.78 is 0. The molecular weight excluding hydrogens is 120 g/mol. The lowest BCUT2D eigenvalue weighted by Gasteiger charge is -2.06. The molecule has 1 fully saturated rings. The summed E-state index contributed by atoms with van der Waals surface area (Å²) in [4.78, 5) is 0. The van der Waals surface area contributed by atoms with Gasteiger partial charge in [0.2, 0.25) is 0 Å². The van der Waals surface area contributed by atoms with Crippen LogP contribution in [0.2, 0.25) is 0 Å². The van der Waals surface area contributed by atoms with Crippen LogP contribution in [0.1, 0.15) is 32.6 Å². The van der Waals surface area contributed by atoms with Gasteiger partial charge in [-0.15, -0.1) is 0 Å². The third kappa shape index (κ3) is 0.828. The first-order valence-electron chi connectivity index (χ1n) is 4.23. The number of rotatable bonds is 1. The van der Waals surface area contributed by atoms with Crippen molar-refractivity contribution in [1.82, 2.24) is 0 Å². The van der Waals surface area contributed by atoms with E-state index in [1.165, 1.54) is 25.7 Å². The largest absolute Gasteiger partial charge is 0.0874 e. The Morgan fingerprint density at radius 3 is 2.80 bits per heavy atom. The minimum absolute atomic E-state index is 1.03. The monoisotopic (exact) mass is 134 g/mol. The van der Waals surface area contributed by atoms with E-state index in [1.807, 2.05) is 0 Å². The van der Waals surface area contributed by atoms with Crippen LogP contribution in [0.4, 0.5) is 0 Å². The highest BCUT2D eigenvalue weighted by atomic mass is 14.3. The van der Waals surface area contributed by atoms with Gasteiger partial charge in [0.15, 0.2) is 0 Å². The van der Waals surface area contributed by atoms with Crippen molar-refractivity contribution >= 4 is 0 Å². The van der Waals surface area contributed by atoms with E-state index < -0.39 is 0 Å². The summed E-state index contributed by atoms with van der Waals surface area (Å²) in [5.41, 5.74) is 3.40. The molecule has 0 saturated heterocycles. The molecule has 1 saturated carbocycles. The van der Waals surface area contributed by atoms with Crippen molar-refractivity contribution in [3.63, 3.8) is 0 Å². The summed E-state index contributed by atoms with van der Waals surface area (Å²) in [6.07, 6.45) is 10.1. The SMILES string of the molecule is C/C=C\C1=C2CC[C@H](C1)C2. The average Bonchev–Trinajstić information content (AvgIpc) is 2.48. The molecule has 0 radical (unpaired) electrons. The van der Waals surface area contributed by atoms with E-state index in [-0.39, 0.29) is 0 Å². The molecule has 2 aliphatic carbocycles. The Hall–Kier alpha value is -0.520. The zero-order valence-electron chi connectivity index (χ0n) is 6.56. The van der Waals surface area contributed by atoms with Gasteiger partial charge in [-0.25, -0.2) is 0 Å². The quantitative estimate of drug-likeness (QED) is 0.517. The second kappa shape index (κ2) is 2.26. The maximum absolute atomic E-state index is 2.30. The van der Waals surface area contributed by atoms with Crippen molar-refractivity contribution in [3.05, 3.63) is 23.3 Å². The smallest absolute Gasteiger partial charge is 0.0248 e. The molecule has 2 aliphatic rings. The van der Waals surface area contributed by atoms with Crippen molar-refractivity contribution in [1.29, 1.82) is 0 Å². The van der Waals surface area contributed by atoms with E-state index in [0.717, 1.165) is 5.92 Å². The van der Waals surface area contributed by atoms with Crippen molar-refractivity contribution in [2.24, 2.45) is 5.92 Å². The van der Waals surface area contributed by atoms with Crippen LogP contribution in [-0.4, -0.2) is 0 Å². The lowest BCUT2D eigenvalue weighted by Crippen LogP contribution is -1.91. The zero-order valence-corrected chi connectivity index (χ0v) is 6.56. The normalized spacial score (nSPS) is 31.1. The second-order valence-electron chi connectivity index (χ2n) is 3.44. The van der Waals surface area contributed by atoms with E-state index in [0.29, 0.717) is 0 Å². The summed E-state index contributed by atoms with van der Waals surface area (Å²) in [6, 6.07) is 0.